The normalized spacial score (nSPS) is 18.1. The van der Waals surface area contributed by atoms with Crippen LogP contribution in [0.2, 0.25) is 0 Å². The van der Waals surface area contributed by atoms with Crippen molar-refractivity contribution in [3.8, 4) is 0 Å². The maximum absolute atomic E-state index is 12.9. The molecule has 2 aliphatic heterocycles. The lowest BCUT2D eigenvalue weighted by atomic mass is 9.99. The van der Waals surface area contributed by atoms with Crippen molar-refractivity contribution in [2.45, 2.75) is 32.7 Å². The van der Waals surface area contributed by atoms with E-state index in [1.807, 2.05) is 30.3 Å². The van der Waals surface area contributed by atoms with Crippen molar-refractivity contribution < 1.29 is 4.79 Å². The van der Waals surface area contributed by atoms with E-state index < -0.39 is 0 Å². The summed E-state index contributed by atoms with van der Waals surface area (Å²) in [5.74, 6) is -0.0345. The molecule has 0 saturated carbocycles. The molecule has 27 heavy (non-hydrogen) atoms. The molecule has 0 aromatic heterocycles. The summed E-state index contributed by atoms with van der Waals surface area (Å²) in [4.78, 5) is 17.1. The number of carbonyl (C=O) groups excluding carboxylic acids is 1. The van der Waals surface area contributed by atoms with Gasteiger partial charge in [-0.1, -0.05) is 31.7 Å². The number of nitrogens with zero attached hydrogens (tertiary/aromatic N) is 2. The topological polar surface area (TPSA) is 35.6 Å². The van der Waals surface area contributed by atoms with Gasteiger partial charge in [-0.25, -0.2) is 0 Å². The van der Waals surface area contributed by atoms with Gasteiger partial charge in [-0.2, -0.15) is 0 Å². The number of anilines is 3. The third kappa shape index (κ3) is 3.15. The van der Waals surface area contributed by atoms with Crippen LogP contribution >= 0.6 is 0 Å². The fraction of sp³-hybridized carbons (Fsp3) is 0.348. The van der Waals surface area contributed by atoms with Gasteiger partial charge < -0.3 is 10.2 Å². The van der Waals surface area contributed by atoms with Gasteiger partial charge in [0.15, 0.2) is 0 Å². The number of rotatable bonds is 4. The number of carbonyl (C=O) groups is 1. The lowest BCUT2D eigenvalue weighted by Gasteiger charge is -2.32. The Morgan fingerprint density at radius 3 is 2.48 bits per heavy atom. The molecule has 2 heterocycles. The number of nitrogens with one attached hydrogen (secondary N) is 1. The second kappa shape index (κ2) is 7.20. The fourth-order valence-electron chi connectivity index (χ4n) is 4.22. The smallest absolute Gasteiger partial charge is 0.262 e. The molecule has 140 valence electrons. The van der Waals surface area contributed by atoms with E-state index in [4.69, 9.17) is 0 Å². The largest absolute Gasteiger partial charge is 0.382 e. The number of benzene rings is 2. The second-order valence-electron chi connectivity index (χ2n) is 7.44. The summed E-state index contributed by atoms with van der Waals surface area (Å²) in [6.45, 7) is 11.8. The van der Waals surface area contributed by atoms with Crippen LogP contribution in [0.4, 0.5) is 17.1 Å². The Kier molecular flexibility index (Phi) is 4.75. The Hall–Kier alpha value is -2.59. The van der Waals surface area contributed by atoms with Gasteiger partial charge in [0, 0.05) is 41.6 Å². The number of amides is 1. The zero-order valence-corrected chi connectivity index (χ0v) is 16.2. The van der Waals surface area contributed by atoms with Gasteiger partial charge in [0.1, 0.15) is 0 Å². The first-order valence-corrected chi connectivity index (χ1v) is 9.81. The highest BCUT2D eigenvalue weighted by Crippen LogP contribution is 2.44. The van der Waals surface area contributed by atoms with E-state index in [0.29, 0.717) is 11.6 Å². The van der Waals surface area contributed by atoms with Crippen molar-refractivity contribution in [1.29, 1.82) is 0 Å². The molecule has 1 fully saturated rings. The van der Waals surface area contributed by atoms with Crippen molar-refractivity contribution in [3.05, 3.63) is 60.2 Å². The summed E-state index contributed by atoms with van der Waals surface area (Å²) >= 11 is 0. The van der Waals surface area contributed by atoms with Gasteiger partial charge in [0.25, 0.3) is 5.91 Å². The average molecular weight is 361 g/mol. The van der Waals surface area contributed by atoms with Crippen LogP contribution in [-0.2, 0) is 4.79 Å². The van der Waals surface area contributed by atoms with Gasteiger partial charge in [-0.15, -0.1) is 0 Å². The molecule has 4 nitrogen and oxygen atoms in total. The molecule has 0 unspecified atom stereocenters. The quantitative estimate of drug-likeness (QED) is 0.810. The maximum atomic E-state index is 12.9. The second-order valence-corrected chi connectivity index (χ2v) is 7.44. The van der Waals surface area contributed by atoms with E-state index in [2.05, 4.69) is 42.8 Å². The van der Waals surface area contributed by atoms with Crippen LogP contribution in [-0.4, -0.2) is 36.5 Å². The minimum absolute atomic E-state index is 0.0345. The van der Waals surface area contributed by atoms with Crippen LogP contribution in [0.25, 0.3) is 5.57 Å². The minimum Gasteiger partial charge on any atom is -0.382 e. The molecule has 0 bridgehead atoms. The third-order valence-corrected chi connectivity index (χ3v) is 5.86. The number of hydrogen-bond donors (Lipinski definition) is 1. The van der Waals surface area contributed by atoms with E-state index in [9.17, 15) is 4.79 Å². The highest BCUT2D eigenvalue weighted by molar-refractivity contribution is 6.35. The third-order valence-electron chi connectivity index (χ3n) is 5.86. The van der Waals surface area contributed by atoms with Gasteiger partial charge in [-0.05, 0) is 56.1 Å². The summed E-state index contributed by atoms with van der Waals surface area (Å²) in [6, 6.07) is 14.4. The lowest BCUT2D eigenvalue weighted by Crippen LogP contribution is -2.38. The van der Waals surface area contributed by atoms with Crippen molar-refractivity contribution in [1.82, 2.24) is 4.90 Å². The van der Waals surface area contributed by atoms with Crippen LogP contribution < -0.4 is 10.2 Å². The first-order valence-electron chi connectivity index (χ1n) is 9.81. The van der Waals surface area contributed by atoms with E-state index in [-0.39, 0.29) is 5.91 Å². The molecule has 4 heteroatoms. The molecular formula is C23H27N3O. The Labute approximate surface area is 161 Å². The molecule has 1 saturated heterocycles. The molecule has 4 rings (SSSR count). The van der Waals surface area contributed by atoms with Gasteiger partial charge in [0.2, 0.25) is 0 Å². The summed E-state index contributed by atoms with van der Waals surface area (Å²) in [6.07, 6.45) is 2.31. The molecule has 2 aromatic rings. The van der Waals surface area contributed by atoms with Crippen molar-refractivity contribution in [2.24, 2.45) is 0 Å². The number of para-hydroxylation sites is 1. The van der Waals surface area contributed by atoms with E-state index in [1.165, 1.54) is 0 Å². The lowest BCUT2D eigenvalue weighted by molar-refractivity contribution is -0.112. The molecule has 0 spiro atoms. The molecule has 1 amide bonds. The highest BCUT2D eigenvalue weighted by Gasteiger charge is 2.34. The molecule has 2 aliphatic rings. The Morgan fingerprint density at radius 1 is 1.11 bits per heavy atom. The van der Waals surface area contributed by atoms with Crippen molar-refractivity contribution in [2.75, 3.05) is 29.9 Å². The Bertz CT molecular complexity index is 867. The van der Waals surface area contributed by atoms with Crippen molar-refractivity contribution >= 4 is 28.5 Å². The zero-order chi connectivity index (χ0) is 19.0. The van der Waals surface area contributed by atoms with Gasteiger partial charge in [-0.3, -0.25) is 9.69 Å². The average Bonchev–Trinajstić information content (AvgIpc) is 2.96. The molecule has 0 atom stereocenters. The van der Waals surface area contributed by atoms with E-state index in [1.54, 1.807) is 4.90 Å². The van der Waals surface area contributed by atoms with Crippen LogP contribution in [0.1, 0.15) is 30.9 Å². The van der Waals surface area contributed by atoms with Crippen LogP contribution in [0.3, 0.4) is 0 Å². The van der Waals surface area contributed by atoms with Crippen molar-refractivity contribution in [3.63, 3.8) is 0 Å². The molecule has 1 N–H and O–H groups in total. The molecule has 0 aliphatic carbocycles. The monoisotopic (exact) mass is 361 g/mol. The first-order chi connectivity index (χ1) is 13.1. The van der Waals surface area contributed by atoms with E-state index in [0.717, 1.165) is 60.7 Å². The van der Waals surface area contributed by atoms with Crippen LogP contribution in [0.15, 0.2) is 49.0 Å². The predicted octanol–water partition coefficient (Wildman–Crippen LogP) is 4.58. The minimum atomic E-state index is -0.0345. The fourth-order valence-corrected chi connectivity index (χ4v) is 4.22. The van der Waals surface area contributed by atoms with Gasteiger partial charge in [0.05, 0.1) is 5.69 Å². The maximum Gasteiger partial charge on any atom is 0.262 e. The number of likely N-dealkylation sites (tertiary alicyclic amines) is 1. The Balaban J connectivity index is 1.62. The summed E-state index contributed by atoms with van der Waals surface area (Å²) < 4.78 is 0. The zero-order valence-electron chi connectivity index (χ0n) is 16.2. The van der Waals surface area contributed by atoms with Crippen LogP contribution in [0, 0.1) is 6.92 Å². The standard InChI is InChI=1S/C23H27N3O/c1-4-25-14-12-18(13-15-25)24-20-10-11-21-22(16(20)2)17(3)23(27)26(21)19-8-6-5-7-9-19/h5-11,18,24H,3-4,12-15H2,1-2H3. The first kappa shape index (κ1) is 17.8. The molecule has 2 aromatic carbocycles. The number of piperidine rings is 1. The van der Waals surface area contributed by atoms with Crippen LogP contribution in [0.5, 0.6) is 0 Å². The Morgan fingerprint density at radius 2 is 1.81 bits per heavy atom. The summed E-state index contributed by atoms with van der Waals surface area (Å²) in [5.41, 5.74) is 5.60. The summed E-state index contributed by atoms with van der Waals surface area (Å²) in [7, 11) is 0. The summed E-state index contributed by atoms with van der Waals surface area (Å²) in [5, 5.41) is 3.72. The predicted molar refractivity (Wildman–Crippen MR) is 113 cm³/mol. The highest BCUT2D eigenvalue weighted by atomic mass is 16.2. The SMILES string of the molecule is C=C1C(=O)N(c2ccccc2)c2ccc(NC3CCN(CC)CC3)c(C)c21. The van der Waals surface area contributed by atoms with E-state index >= 15 is 0 Å². The van der Waals surface area contributed by atoms with Gasteiger partial charge >= 0.3 is 0 Å². The number of fused-ring (bicyclic) bond motifs is 1. The number of hydrogen-bond acceptors (Lipinski definition) is 3. The molecular weight excluding hydrogens is 334 g/mol. The molecule has 0 radical (unpaired) electrons.